The Morgan fingerprint density at radius 1 is 1.23 bits per heavy atom. The lowest BCUT2D eigenvalue weighted by Gasteiger charge is -2.14. The first-order valence-electron chi connectivity index (χ1n) is 10.00. The first-order valence-corrected chi connectivity index (χ1v) is 10.00. The van der Waals surface area contributed by atoms with Crippen molar-refractivity contribution >= 4 is 22.6 Å². The number of carbonyl (C=O) groups excluding carboxylic acids is 1. The van der Waals surface area contributed by atoms with Gasteiger partial charge in [0, 0.05) is 12.7 Å². The van der Waals surface area contributed by atoms with Gasteiger partial charge in [0.1, 0.15) is 22.5 Å². The first kappa shape index (κ1) is 19.6. The number of amides is 1. The highest BCUT2D eigenvalue weighted by Gasteiger charge is 2.18. The number of furan rings is 1. The van der Waals surface area contributed by atoms with Gasteiger partial charge in [-0.25, -0.2) is 4.98 Å². The highest BCUT2D eigenvalue weighted by molar-refractivity contribution is 5.96. The SMILES string of the molecule is CCCCCNC(=O)c1cc2c(=O)n3ccccc3nc2n(Cc2ccco2)c1=N. The molecular weight excluding hydrogens is 382 g/mol. The standard InChI is InChI=1S/C22H23N5O3/c1-2-3-5-10-24-21(28)16-13-17-20(25-18-9-4-6-11-26(18)22(17)29)27(19(16)23)14-15-8-7-12-30-15/h4,6-9,11-13,23H,2-3,5,10,14H2,1H3,(H,24,28). The van der Waals surface area contributed by atoms with Crippen LogP contribution in [0.2, 0.25) is 0 Å². The predicted molar refractivity (Wildman–Crippen MR) is 112 cm³/mol. The van der Waals surface area contributed by atoms with Crippen LogP contribution in [0.25, 0.3) is 16.7 Å². The minimum atomic E-state index is -0.372. The summed E-state index contributed by atoms with van der Waals surface area (Å²) in [6, 6.07) is 10.3. The lowest BCUT2D eigenvalue weighted by atomic mass is 10.2. The number of fused-ring (bicyclic) bond motifs is 2. The zero-order valence-electron chi connectivity index (χ0n) is 16.7. The van der Waals surface area contributed by atoms with E-state index in [1.165, 1.54) is 10.5 Å². The predicted octanol–water partition coefficient (Wildman–Crippen LogP) is 2.69. The fourth-order valence-electron chi connectivity index (χ4n) is 3.44. The van der Waals surface area contributed by atoms with E-state index in [1.54, 1.807) is 47.4 Å². The molecule has 1 amide bonds. The monoisotopic (exact) mass is 405 g/mol. The van der Waals surface area contributed by atoms with Gasteiger partial charge >= 0.3 is 0 Å². The summed E-state index contributed by atoms with van der Waals surface area (Å²) in [5.74, 6) is 0.231. The Balaban J connectivity index is 1.90. The maximum atomic E-state index is 13.1. The zero-order valence-corrected chi connectivity index (χ0v) is 16.7. The maximum absolute atomic E-state index is 13.1. The summed E-state index contributed by atoms with van der Waals surface area (Å²) >= 11 is 0. The summed E-state index contributed by atoms with van der Waals surface area (Å²) < 4.78 is 8.42. The quantitative estimate of drug-likeness (QED) is 0.364. The molecule has 0 aliphatic carbocycles. The van der Waals surface area contributed by atoms with Gasteiger partial charge < -0.3 is 14.3 Å². The van der Waals surface area contributed by atoms with Crippen LogP contribution in [0.1, 0.15) is 42.3 Å². The molecule has 0 aromatic carbocycles. The molecule has 0 fully saturated rings. The highest BCUT2D eigenvalue weighted by Crippen LogP contribution is 2.12. The average Bonchev–Trinajstić information content (AvgIpc) is 3.27. The second kappa shape index (κ2) is 8.36. The molecule has 0 radical (unpaired) electrons. The minimum Gasteiger partial charge on any atom is -0.467 e. The van der Waals surface area contributed by atoms with Crippen molar-refractivity contribution in [1.29, 1.82) is 5.41 Å². The Labute approximate surface area is 172 Å². The average molecular weight is 405 g/mol. The van der Waals surface area contributed by atoms with E-state index in [0.717, 1.165) is 19.3 Å². The summed E-state index contributed by atoms with van der Waals surface area (Å²) in [7, 11) is 0. The number of nitrogens with zero attached hydrogens (tertiary/aromatic N) is 3. The van der Waals surface area contributed by atoms with Crippen LogP contribution in [0.4, 0.5) is 0 Å². The molecule has 0 saturated heterocycles. The van der Waals surface area contributed by atoms with E-state index in [4.69, 9.17) is 9.83 Å². The fraction of sp³-hybridized carbons (Fsp3) is 0.273. The van der Waals surface area contributed by atoms with E-state index in [9.17, 15) is 9.59 Å². The molecule has 4 rings (SSSR count). The smallest absolute Gasteiger partial charge is 0.267 e. The number of hydrogen-bond acceptors (Lipinski definition) is 5. The van der Waals surface area contributed by atoms with Crippen molar-refractivity contribution in [2.24, 2.45) is 0 Å². The Hall–Kier alpha value is -3.68. The van der Waals surface area contributed by atoms with Crippen molar-refractivity contribution < 1.29 is 9.21 Å². The second-order valence-corrected chi connectivity index (χ2v) is 7.12. The van der Waals surface area contributed by atoms with Gasteiger partial charge in [-0.15, -0.1) is 0 Å². The lowest BCUT2D eigenvalue weighted by Crippen LogP contribution is -2.35. The number of nitrogens with one attached hydrogen (secondary N) is 2. The normalized spacial score (nSPS) is 11.2. The van der Waals surface area contributed by atoms with Crippen molar-refractivity contribution in [3.05, 3.63) is 76.0 Å². The van der Waals surface area contributed by atoms with Gasteiger partial charge in [-0.05, 0) is 36.8 Å². The molecule has 4 aromatic rings. The highest BCUT2D eigenvalue weighted by atomic mass is 16.3. The van der Waals surface area contributed by atoms with E-state index < -0.39 is 0 Å². The molecule has 0 unspecified atom stereocenters. The Kier molecular flexibility index (Phi) is 5.47. The fourth-order valence-corrected chi connectivity index (χ4v) is 3.44. The van der Waals surface area contributed by atoms with Gasteiger partial charge in [0.25, 0.3) is 11.5 Å². The molecule has 0 atom stereocenters. The molecule has 0 bridgehead atoms. The summed E-state index contributed by atoms with van der Waals surface area (Å²) in [4.78, 5) is 30.5. The molecule has 154 valence electrons. The maximum Gasteiger partial charge on any atom is 0.267 e. The molecule has 2 N–H and O–H groups in total. The largest absolute Gasteiger partial charge is 0.467 e. The van der Waals surface area contributed by atoms with Gasteiger partial charge in [-0.3, -0.25) is 19.4 Å². The van der Waals surface area contributed by atoms with Crippen LogP contribution in [0.15, 0.2) is 58.1 Å². The van der Waals surface area contributed by atoms with Gasteiger partial charge in [0.2, 0.25) is 0 Å². The summed E-state index contributed by atoms with van der Waals surface area (Å²) in [5, 5.41) is 11.8. The van der Waals surface area contributed by atoms with Crippen LogP contribution in [0, 0.1) is 5.41 Å². The van der Waals surface area contributed by atoms with Crippen LogP contribution in [-0.2, 0) is 6.54 Å². The van der Waals surface area contributed by atoms with E-state index in [-0.39, 0.29) is 34.4 Å². The topological polar surface area (TPSA) is 105 Å². The van der Waals surface area contributed by atoms with Gasteiger partial charge in [0.15, 0.2) is 0 Å². The van der Waals surface area contributed by atoms with Crippen molar-refractivity contribution in [2.75, 3.05) is 6.54 Å². The molecule has 8 nitrogen and oxygen atoms in total. The number of hydrogen-bond donors (Lipinski definition) is 2. The second-order valence-electron chi connectivity index (χ2n) is 7.12. The molecule has 0 spiro atoms. The molecule has 0 aliphatic heterocycles. The van der Waals surface area contributed by atoms with E-state index in [1.807, 2.05) is 0 Å². The number of rotatable bonds is 7. The molecule has 0 aliphatic rings. The molecule has 8 heteroatoms. The molecule has 4 aromatic heterocycles. The molecule has 30 heavy (non-hydrogen) atoms. The van der Waals surface area contributed by atoms with Crippen molar-refractivity contribution in [3.63, 3.8) is 0 Å². The van der Waals surface area contributed by atoms with Crippen molar-refractivity contribution in [3.8, 4) is 0 Å². The van der Waals surface area contributed by atoms with E-state index >= 15 is 0 Å². The number of unbranched alkanes of at least 4 members (excludes halogenated alkanes) is 2. The van der Waals surface area contributed by atoms with Crippen LogP contribution >= 0.6 is 0 Å². The third-order valence-corrected chi connectivity index (χ3v) is 5.02. The summed E-state index contributed by atoms with van der Waals surface area (Å²) in [6.45, 7) is 2.81. The number of aromatic nitrogens is 3. The van der Waals surface area contributed by atoms with Crippen LogP contribution in [-0.4, -0.2) is 26.4 Å². The van der Waals surface area contributed by atoms with Crippen LogP contribution in [0.3, 0.4) is 0 Å². The van der Waals surface area contributed by atoms with Crippen LogP contribution in [0.5, 0.6) is 0 Å². The van der Waals surface area contributed by atoms with Crippen molar-refractivity contribution in [2.45, 2.75) is 32.7 Å². The molecular formula is C22H23N5O3. The lowest BCUT2D eigenvalue weighted by molar-refractivity contribution is 0.0950. The van der Waals surface area contributed by atoms with Crippen LogP contribution < -0.4 is 16.4 Å². The number of carbonyl (C=O) groups is 1. The summed E-state index contributed by atoms with van der Waals surface area (Å²) in [5.41, 5.74) is 0.651. The van der Waals surface area contributed by atoms with Gasteiger partial charge in [0.05, 0.1) is 23.8 Å². The Bertz CT molecular complexity index is 1320. The van der Waals surface area contributed by atoms with Crippen molar-refractivity contribution in [1.82, 2.24) is 19.3 Å². The summed E-state index contributed by atoms with van der Waals surface area (Å²) in [6.07, 6.45) is 6.11. The first-order chi connectivity index (χ1) is 14.6. The molecule has 4 heterocycles. The van der Waals surface area contributed by atoms with E-state index in [0.29, 0.717) is 23.6 Å². The van der Waals surface area contributed by atoms with Gasteiger partial charge in [-0.2, -0.15) is 0 Å². The van der Waals surface area contributed by atoms with E-state index in [2.05, 4.69) is 17.2 Å². The van der Waals surface area contributed by atoms with Gasteiger partial charge in [-0.1, -0.05) is 25.8 Å². The Morgan fingerprint density at radius 3 is 2.87 bits per heavy atom. The third-order valence-electron chi connectivity index (χ3n) is 5.02. The zero-order chi connectivity index (χ0) is 21.1. The minimum absolute atomic E-state index is 0.0147. The number of pyridine rings is 2. The Morgan fingerprint density at radius 2 is 2.10 bits per heavy atom. The molecule has 0 saturated carbocycles. The third kappa shape index (κ3) is 3.63.